The SMILES string of the molecule is CC1CCCC(NC(=O)C(C)(C)O)CC1. The van der Waals surface area contributed by atoms with Gasteiger partial charge in [0.05, 0.1) is 0 Å². The molecule has 0 aromatic carbocycles. The Morgan fingerprint density at radius 1 is 1.27 bits per heavy atom. The second kappa shape index (κ2) is 4.97. The van der Waals surface area contributed by atoms with Crippen LogP contribution in [0.15, 0.2) is 0 Å². The predicted octanol–water partition coefficient (Wildman–Crippen LogP) is 1.84. The fourth-order valence-corrected chi connectivity index (χ4v) is 1.99. The summed E-state index contributed by atoms with van der Waals surface area (Å²) in [4.78, 5) is 11.6. The molecule has 1 aliphatic carbocycles. The topological polar surface area (TPSA) is 49.3 Å². The zero-order chi connectivity index (χ0) is 11.5. The summed E-state index contributed by atoms with van der Waals surface area (Å²) in [5, 5.41) is 12.5. The first kappa shape index (κ1) is 12.5. The molecule has 2 unspecified atom stereocenters. The average molecular weight is 213 g/mol. The predicted molar refractivity (Wildman–Crippen MR) is 60.5 cm³/mol. The summed E-state index contributed by atoms with van der Waals surface area (Å²) in [5.74, 6) is 0.524. The van der Waals surface area contributed by atoms with Crippen LogP contribution in [0.2, 0.25) is 0 Å². The highest BCUT2D eigenvalue weighted by molar-refractivity contribution is 5.84. The average Bonchev–Trinajstić information content (AvgIpc) is 2.29. The van der Waals surface area contributed by atoms with Crippen molar-refractivity contribution < 1.29 is 9.90 Å². The van der Waals surface area contributed by atoms with Crippen LogP contribution >= 0.6 is 0 Å². The number of amides is 1. The molecule has 0 spiro atoms. The Kier molecular flexibility index (Phi) is 4.14. The minimum absolute atomic E-state index is 0.248. The third kappa shape index (κ3) is 4.20. The van der Waals surface area contributed by atoms with Crippen LogP contribution in [0.5, 0.6) is 0 Å². The number of aliphatic hydroxyl groups is 1. The molecule has 2 atom stereocenters. The molecule has 1 aliphatic rings. The van der Waals surface area contributed by atoms with Crippen LogP contribution in [0.1, 0.15) is 52.9 Å². The molecule has 3 heteroatoms. The smallest absolute Gasteiger partial charge is 0.251 e. The zero-order valence-electron chi connectivity index (χ0n) is 10.0. The lowest BCUT2D eigenvalue weighted by molar-refractivity contribution is -0.137. The molecular formula is C12H23NO2. The molecule has 1 fully saturated rings. The fraction of sp³-hybridized carbons (Fsp3) is 0.917. The van der Waals surface area contributed by atoms with E-state index in [2.05, 4.69) is 12.2 Å². The summed E-state index contributed by atoms with van der Waals surface area (Å²) in [7, 11) is 0. The first-order valence-electron chi connectivity index (χ1n) is 5.93. The van der Waals surface area contributed by atoms with E-state index in [9.17, 15) is 9.90 Å². The van der Waals surface area contributed by atoms with Crippen molar-refractivity contribution >= 4 is 5.91 Å². The first-order chi connectivity index (χ1) is 6.89. The van der Waals surface area contributed by atoms with Gasteiger partial charge in [0.25, 0.3) is 5.91 Å². The minimum Gasteiger partial charge on any atom is -0.381 e. The van der Waals surface area contributed by atoms with E-state index in [1.54, 1.807) is 0 Å². The van der Waals surface area contributed by atoms with E-state index in [0.717, 1.165) is 18.8 Å². The molecule has 0 aliphatic heterocycles. The maximum Gasteiger partial charge on any atom is 0.251 e. The van der Waals surface area contributed by atoms with E-state index < -0.39 is 5.60 Å². The summed E-state index contributed by atoms with van der Waals surface area (Å²) < 4.78 is 0. The van der Waals surface area contributed by atoms with Gasteiger partial charge in [0.15, 0.2) is 0 Å². The largest absolute Gasteiger partial charge is 0.381 e. The van der Waals surface area contributed by atoms with Crippen LogP contribution in [0.25, 0.3) is 0 Å². The van der Waals surface area contributed by atoms with Gasteiger partial charge in [0.1, 0.15) is 5.60 Å². The van der Waals surface area contributed by atoms with Crippen LogP contribution in [0.3, 0.4) is 0 Å². The Hall–Kier alpha value is -0.570. The van der Waals surface area contributed by atoms with Crippen LogP contribution in [0.4, 0.5) is 0 Å². The second-order valence-electron chi connectivity index (χ2n) is 5.34. The Morgan fingerprint density at radius 2 is 1.93 bits per heavy atom. The molecule has 0 aromatic rings. The molecule has 1 saturated carbocycles. The first-order valence-corrected chi connectivity index (χ1v) is 5.93. The maximum atomic E-state index is 11.6. The number of carbonyl (C=O) groups excluding carboxylic acids is 1. The van der Waals surface area contributed by atoms with Gasteiger partial charge in [0.2, 0.25) is 0 Å². The van der Waals surface area contributed by atoms with Gasteiger partial charge >= 0.3 is 0 Å². The van der Waals surface area contributed by atoms with Gasteiger partial charge in [-0.2, -0.15) is 0 Å². The molecule has 1 amide bonds. The van der Waals surface area contributed by atoms with Gasteiger partial charge in [-0.25, -0.2) is 0 Å². The quantitative estimate of drug-likeness (QED) is 0.688. The number of carbonyl (C=O) groups is 1. The molecule has 0 heterocycles. The van der Waals surface area contributed by atoms with Crippen LogP contribution in [-0.2, 0) is 4.79 Å². The highest BCUT2D eigenvalue weighted by Crippen LogP contribution is 2.22. The third-order valence-electron chi connectivity index (χ3n) is 3.15. The number of hydrogen-bond acceptors (Lipinski definition) is 2. The Morgan fingerprint density at radius 3 is 2.53 bits per heavy atom. The molecule has 3 nitrogen and oxygen atoms in total. The summed E-state index contributed by atoms with van der Waals surface area (Å²) in [6.07, 6.45) is 5.71. The molecule has 0 aromatic heterocycles. The van der Waals surface area contributed by atoms with Crippen molar-refractivity contribution in [1.29, 1.82) is 0 Å². The fourth-order valence-electron chi connectivity index (χ4n) is 1.99. The van der Waals surface area contributed by atoms with Crippen molar-refractivity contribution in [3.8, 4) is 0 Å². The van der Waals surface area contributed by atoms with Gasteiger partial charge in [-0.1, -0.05) is 19.8 Å². The lowest BCUT2D eigenvalue weighted by Crippen LogP contribution is -2.46. The Balaban J connectivity index is 2.41. The van der Waals surface area contributed by atoms with E-state index in [1.165, 1.54) is 33.1 Å². The Bertz CT molecular complexity index is 220. The maximum absolute atomic E-state index is 11.6. The van der Waals surface area contributed by atoms with E-state index in [0.29, 0.717) is 0 Å². The summed E-state index contributed by atoms with van der Waals surface area (Å²) >= 11 is 0. The van der Waals surface area contributed by atoms with Crippen molar-refractivity contribution in [2.75, 3.05) is 0 Å². The van der Waals surface area contributed by atoms with Gasteiger partial charge < -0.3 is 10.4 Å². The minimum atomic E-state index is -1.25. The molecule has 88 valence electrons. The molecule has 2 N–H and O–H groups in total. The van der Waals surface area contributed by atoms with E-state index in [1.807, 2.05) is 0 Å². The summed E-state index contributed by atoms with van der Waals surface area (Å²) in [6, 6.07) is 0.258. The third-order valence-corrected chi connectivity index (χ3v) is 3.15. The normalized spacial score (nSPS) is 28.3. The molecular weight excluding hydrogens is 190 g/mol. The van der Waals surface area contributed by atoms with Crippen molar-refractivity contribution in [3.63, 3.8) is 0 Å². The summed E-state index contributed by atoms with van der Waals surface area (Å²) in [5.41, 5.74) is -1.25. The van der Waals surface area contributed by atoms with Crippen molar-refractivity contribution in [3.05, 3.63) is 0 Å². The van der Waals surface area contributed by atoms with Crippen molar-refractivity contribution in [2.45, 2.75) is 64.5 Å². The van der Waals surface area contributed by atoms with Gasteiger partial charge in [0, 0.05) is 6.04 Å². The van der Waals surface area contributed by atoms with E-state index in [-0.39, 0.29) is 11.9 Å². The lowest BCUT2D eigenvalue weighted by Gasteiger charge is -2.22. The van der Waals surface area contributed by atoms with Gasteiger partial charge in [-0.15, -0.1) is 0 Å². The molecule has 0 bridgehead atoms. The van der Waals surface area contributed by atoms with Crippen molar-refractivity contribution in [1.82, 2.24) is 5.32 Å². The lowest BCUT2D eigenvalue weighted by atomic mass is 10.0. The van der Waals surface area contributed by atoms with Crippen molar-refractivity contribution in [2.24, 2.45) is 5.92 Å². The second-order valence-corrected chi connectivity index (χ2v) is 5.34. The van der Waals surface area contributed by atoms with Crippen LogP contribution in [-0.4, -0.2) is 22.7 Å². The van der Waals surface area contributed by atoms with E-state index in [4.69, 9.17) is 0 Å². The zero-order valence-corrected chi connectivity index (χ0v) is 10.0. The van der Waals surface area contributed by atoms with Gasteiger partial charge in [-0.05, 0) is 39.0 Å². The molecule has 1 rings (SSSR count). The number of rotatable bonds is 2. The highest BCUT2D eigenvalue weighted by Gasteiger charge is 2.26. The highest BCUT2D eigenvalue weighted by atomic mass is 16.3. The molecule has 0 saturated heterocycles. The molecule has 15 heavy (non-hydrogen) atoms. The van der Waals surface area contributed by atoms with Gasteiger partial charge in [-0.3, -0.25) is 4.79 Å². The monoisotopic (exact) mass is 213 g/mol. The Labute approximate surface area is 92.3 Å². The van der Waals surface area contributed by atoms with E-state index >= 15 is 0 Å². The van der Waals surface area contributed by atoms with Crippen LogP contribution < -0.4 is 5.32 Å². The number of nitrogens with one attached hydrogen (secondary N) is 1. The summed E-state index contributed by atoms with van der Waals surface area (Å²) in [6.45, 7) is 5.32. The molecule has 0 radical (unpaired) electrons. The van der Waals surface area contributed by atoms with Crippen LogP contribution in [0, 0.1) is 5.92 Å². The number of hydrogen-bond donors (Lipinski definition) is 2. The standard InChI is InChI=1S/C12H23NO2/c1-9-5-4-6-10(8-7-9)13-11(14)12(2,3)15/h9-10,15H,4-8H2,1-3H3,(H,13,14).